The second kappa shape index (κ2) is 11.9. The van der Waals surface area contributed by atoms with Gasteiger partial charge in [0.2, 0.25) is 0 Å². The van der Waals surface area contributed by atoms with Crippen molar-refractivity contribution in [2.24, 2.45) is 5.10 Å². The predicted molar refractivity (Wildman–Crippen MR) is 125 cm³/mol. The Kier molecular flexibility index (Phi) is 9.54. The van der Waals surface area contributed by atoms with Crippen molar-refractivity contribution in [1.29, 1.82) is 0 Å². The fourth-order valence-corrected chi connectivity index (χ4v) is 3.01. The van der Waals surface area contributed by atoms with Crippen LogP contribution >= 0.6 is 47.0 Å². The molecule has 2 N–H and O–H groups in total. The first-order valence-corrected chi connectivity index (χ1v) is 10.2. The van der Waals surface area contributed by atoms with E-state index in [0.717, 1.165) is 5.56 Å². The van der Waals surface area contributed by atoms with E-state index in [1.165, 1.54) is 0 Å². The Balaban J connectivity index is 2.10. The molecule has 9 heteroatoms. The molecule has 0 spiro atoms. The molecule has 0 fully saturated rings. The van der Waals surface area contributed by atoms with Crippen molar-refractivity contribution in [3.05, 3.63) is 69.2 Å². The van der Waals surface area contributed by atoms with Crippen LogP contribution in [0.3, 0.4) is 0 Å². The number of nitrogens with one attached hydrogen (secondary N) is 2. The molecule has 154 valence electrons. The summed E-state index contributed by atoms with van der Waals surface area (Å²) in [6.45, 7) is 6.68. The van der Waals surface area contributed by atoms with Crippen LogP contribution < -0.4 is 20.2 Å². The largest absolute Gasteiger partial charge is 0.490 e. The van der Waals surface area contributed by atoms with Gasteiger partial charge in [0.1, 0.15) is 6.61 Å². The number of hydrazone groups is 1. The summed E-state index contributed by atoms with van der Waals surface area (Å²) in [6.07, 6.45) is 3.33. The van der Waals surface area contributed by atoms with E-state index in [-0.39, 0.29) is 6.61 Å². The number of ether oxygens (including phenoxy) is 2. The fraction of sp³-hybridized carbons (Fsp3) is 0.200. The number of benzene rings is 2. The van der Waals surface area contributed by atoms with Crippen LogP contribution in [0.1, 0.15) is 18.1 Å². The standard InChI is InChI=1S/C20H20Cl3N3O2S/c1-3-9-24-20(29)26-25-11-13-5-8-17(18(10-13)27-4-2)28-12-14-15(21)6-7-16(22)19(14)23/h3,5-8,10-11H,1,4,9,12H2,2H3,(H2,24,26,29). The minimum absolute atomic E-state index is 0.149. The summed E-state index contributed by atoms with van der Waals surface area (Å²) < 4.78 is 11.6. The van der Waals surface area contributed by atoms with Gasteiger partial charge in [-0.15, -0.1) is 6.58 Å². The van der Waals surface area contributed by atoms with Gasteiger partial charge in [-0.1, -0.05) is 40.9 Å². The van der Waals surface area contributed by atoms with Crippen LogP contribution in [0.2, 0.25) is 15.1 Å². The van der Waals surface area contributed by atoms with E-state index in [1.54, 1.807) is 30.5 Å². The summed E-state index contributed by atoms with van der Waals surface area (Å²) in [5.74, 6) is 1.12. The van der Waals surface area contributed by atoms with Gasteiger partial charge in [0.15, 0.2) is 16.6 Å². The average molecular weight is 473 g/mol. The van der Waals surface area contributed by atoms with E-state index in [9.17, 15) is 0 Å². The van der Waals surface area contributed by atoms with Crippen LogP contribution in [0.4, 0.5) is 0 Å². The Morgan fingerprint density at radius 1 is 1.14 bits per heavy atom. The number of hydrogen-bond acceptors (Lipinski definition) is 4. The molecule has 0 aliphatic heterocycles. The van der Waals surface area contributed by atoms with Crippen LogP contribution in [-0.2, 0) is 6.61 Å². The van der Waals surface area contributed by atoms with Crippen molar-refractivity contribution in [2.75, 3.05) is 13.2 Å². The van der Waals surface area contributed by atoms with Crippen molar-refractivity contribution >= 4 is 58.3 Å². The van der Waals surface area contributed by atoms with Crippen LogP contribution in [-0.4, -0.2) is 24.5 Å². The number of hydrogen-bond donors (Lipinski definition) is 2. The van der Waals surface area contributed by atoms with Gasteiger partial charge >= 0.3 is 0 Å². The maximum absolute atomic E-state index is 6.23. The quantitative estimate of drug-likeness (QED) is 0.163. The number of halogens is 3. The minimum atomic E-state index is 0.149. The van der Waals surface area contributed by atoms with Crippen LogP contribution in [0, 0.1) is 0 Å². The summed E-state index contributed by atoms with van der Waals surface area (Å²) in [4.78, 5) is 0. The predicted octanol–water partition coefficient (Wildman–Crippen LogP) is 5.61. The summed E-state index contributed by atoms with van der Waals surface area (Å²) in [7, 11) is 0. The minimum Gasteiger partial charge on any atom is -0.490 e. The highest BCUT2D eigenvalue weighted by Gasteiger charge is 2.12. The summed E-state index contributed by atoms with van der Waals surface area (Å²) in [5.41, 5.74) is 4.14. The summed E-state index contributed by atoms with van der Waals surface area (Å²) in [6, 6.07) is 8.75. The highest BCUT2D eigenvalue weighted by molar-refractivity contribution is 7.80. The van der Waals surface area contributed by atoms with Crippen LogP contribution in [0.5, 0.6) is 11.5 Å². The van der Waals surface area contributed by atoms with E-state index >= 15 is 0 Å². The normalized spacial score (nSPS) is 10.6. The SMILES string of the molecule is C=CCNC(=S)NN=Cc1ccc(OCc2c(Cl)ccc(Cl)c2Cl)c(OCC)c1. The molecular formula is C20H20Cl3N3O2S. The summed E-state index contributed by atoms with van der Waals surface area (Å²) in [5, 5.41) is 8.68. The molecule has 2 aromatic carbocycles. The van der Waals surface area contributed by atoms with Gasteiger partial charge in [0.05, 0.1) is 22.9 Å². The first-order valence-electron chi connectivity index (χ1n) is 8.66. The van der Waals surface area contributed by atoms with Gasteiger partial charge in [0.25, 0.3) is 0 Å². The van der Waals surface area contributed by atoms with Crippen molar-refractivity contribution in [1.82, 2.24) is 10.7 Å². The number of thiocarbonyl (C=S) groups is 1. The molecule has 2 aromatic rings. The first kappa shape index (κ1) is 23.3. The molecule has 0 amide bonds. The van der Waals surface area contributed by atoms with Crippen molar-refractivity contribution in [2.45, 2.75) is 13.5 Å². The molecule has 0 saturated heterocycles. The maximum atomic E-state index is 6.23. The highest BCUT2D eigenvalue weighted by atomic mass is 35.5. The third-order valence-electron chi connectivity index (χ3n) is 3.57. The molecule has 0 heterocycles. The average Bonchev–Trinajstić information content (AvgIpc) is 2.71. The smallest absolute Gasteiger partial charge is 0.187 e. The lowest BCUT2D eigenvalue weighted by Gasteiger charge is -2.14. The lowest BCUT2D eigenvalue weighted by molar-refractivity contribution is 0.269. The molecule has 0 radical (unpaired) electrons. The second-order valence-corrected chi connectivity index (χ2v) is 7.22. The molecule has 29 heavy (non-hydrogen) atoms. The third kappa shape index (κ3) is 7.08. The van der Waals surface area contributed by atoms with Crippen molar-refractivity contribution < 1.29 is 9.47 Å². The van der Waals surface area contributed by atoms with E-state index in [0.29, 0.717) is 50.4 Å². The lowest BCUT2D eigenvalue weighted by Crippen LogP contribution is -2.31. The molecule has 2 rings (SSSR count). The molecule has 0 unspecified atom stereocenters. The fourth-order valence-electron chi connectivity index (χ4n) is 2.21. The van der Waals surface area contributed by atoms with Gasteiger partial charge in [-0.25, -0.2) is 0 Å². The molecule has 0 aliphatic rings. The topological polar surface area (TPSA) is 54.9 Å². The van der Waals surface area contributed by atoms with E-state index in [4.69, 9.17) is 56.5 Å². The molecule has 5 nitrogen and oxygen atoms in total. The second-order valence-electron chi connectivity index (χ2n) is 5.62. The Bertz CT molecular complexity index is 907. The molecule has 0 aliphatic carbocycles. The zero-order valence-corrected chi connectivity index (χ0v) is 18.8. The van der Waals surface area contributed by atoms with Crippen molar-refractivity contribution in [3.63, 3.8) is 0 Å². The van der Waals surface area contributed by atoms with Crippen LogP contribution in [0.25, 0.3) is 0 Å². The summed E-state index contributed by atoms with van der Waals surface area (Å²) >= 11 is 23.6. The Labute approximate surface area is 190 Å². The Morgan fingerprint density at radius 2 is 1.90 bits per heavy atom. The van der Waals surface area contributed by atoms with E-state index < -0.39 is 0 Å². The molecular weight excluding hydrogens is 453 g/mol. The molecule has 0 atom stereocenters. The van der Waals surface area contributed by atoms with Gasteiger partial charge in [0, 0.05) is 17.1 Å². The number of nitrogens with zero attached hydrogens (tertiary/aromatic N) is 1. The lowest BCUT2D eigenvalue weighted by atomic mass is 10.2. The Hall–Kier alpha value is -1.99. The number of rotatable bonds is 9. The van der Waals surface area contributed by atoms with Gasteiger partial charge in [-0.05, 0) is 55.0 Å². The first-order chi connectivity index (χ1) is 14.0. The van der Waals surface area contributed by atoms with Gasteiger partial charge < -0.3 is 14.8 Å². The molecule has 0 aromatic heterocycles. The zero-order valence-electron chi connectivity index (χ0n) is 15.7. The van der Waals surface area contributed by atoms with Gasteiger partial charge in [-0.2, -0.15) is 5.10 Å². The van der Waals surface area contributed by atoms with Crippen LogP contribution in [0.15, 0.2) is 48.1 Å². The monoisotopic (exact) mass is 471 g/mol. The van der Waals surface area contributed by atoms with E-state index in [2.05, 4.69) is 22.4 Å². The molecule has 0 bridgehead atoms. The molecule has 0 saturated carbocycles. The van der Waals surface area contributed by atoms with E-state index in [1.807, 2.05) is 19.1 Å². The van der Waals surface area contributed by atoms with Crippen molar-refractivity contribution in [3.8, 4) is 11.5 Å². The Morgan fingerprint density at radius 3 is 2.62 bits per heavy atom. The zero-order chi connectivity index (χ0) is 21.2. The van der Waals surface area contributed by atoms with Gasteiger partial charge in [-0.3, -0.25) is 5.43 Å². The maximum Gasteiger partial charge on any atom is 0.187 e. The highest BCUT2D eigenvalue weighted by Crippen LogP contribution is 2.34. The third-order valence-corrected chi connectivity index (χ3v) is 5.00.